The average Bonchev–Trinajstić information content (AvgIpc) is 3.14. The summed E-state index contributed by atoms with van der Waals surface area (Å²) in [5.74, 6) is 6.36. The van der Waals surface area contributed by atoms with E-state index in [-0.39, 0.29) is 6.10 Å². The molecule has 2 atom stereocenters. The van der Waals surface area contributed by atoms with E-state index in [2.05, 4.69) is 31.5 Å². The maximum atomic E-state index is 5.83. The smallest absolute Gasteiger partial charge is 0.183 e. The van der Waals surface area contributed by atoms with Gasteiger partial charge in [-0.3, -0.25) is 0 Å². The molecule has 1 fully saturated rings. The quantitative estimate of drug-likeness (QED) is 0.343. The molecule has 1 aliphatic heterocycles. The summed E-state index contributed by atoms with van der Waals surface area (Å²) in [6.45, 7) is 7.58. The normalized spacial score (nSPS) is 21.1. The van der Waals surface area contributed by atoms with Gasteiger partial charge in [0, 0.05) is 12.2 Å². The van der Waals surface area contributed by atoms with Crippen LogP contribution in [0.1, 0.15) is 24.8 Å². The van der Waals surface area contributed by atoms with Gasteiger partial charge < -0.3 is 9.16 Å². The van der Waals surface area contributed by atoms with Gasteiger partial charge in [0.05, 0.1) is 6.10 Å². The minimum atomic E-state index is -1.34. The zero-order valence-corrected chi connectivity index (χ0v) is 13.7. The van der Waals surface area contributed by atoms with Crippen molar-refractivity contribution >= 4 is 8.32 Å². The van der Waals surface area contributed by atoms with Gasteiger partial charge in [0.25, 0.3) is 0 Å². The number of unbranched alkanes of at least 4 members (excludes halogenated alkanes) is 1. The summed E-state index contributed by atoms with van der Waals surface area (Å²) in [6.07, 6.45) is 3.89. The molecule has 2 rings (SSSR count). The molecular weight excluding hydrogens is 264 g/mol. The zero-order chi connectivity index (χ0) is 14.4. The van der Waals surface area contributed by atoms with Gasteiger partial charge in [0.15, 0.2) is 8.32 Å². The Labute approximate surface area is 123 Å². The average molecular weight is 288 g/mol. The first-order chi connectivity index (χ1) is 9.54. The minimum Gasteiger partial charge on any atom is -0.418 e. The molecule has 0 bridgehead atoms. The monoisotopic (exact) mass is 288 g/mol. The van der Waals surface area contributed by atoms with Crippen LogP contribution >= 0.6 is 0 Å². The lowest BCUT2D eigenvalue weighted by atomic mass is 10.1. The first kappa shape index (κ1) is 15.3. The van der Waals surface area contributed by atoms with Crippen LogP contribution in [0.3, 0.4) is 0 Å². The predicted molar refractivity (Wildman–Crippen MR) is 85.1 cm³/mol. The summed E-state index contributed by atoms with van der Waals surface area (Å²) in [7, 11) is -1.34. The second-order valence-electron chi connectivity index (χ2n) is 6.19. The molecule has 0 unspecified atom stereocenters. The second kappa shape index (κ2) is 7.08. The maximum Gasteiger partial charge on any atom is 0.183 e. The van der Waals surface area contributed by atoms with E-state index in [0.29, 0.717) is 6.10 Å². The van der Waals surface area contributed by atoms with Gasteiger partial charge in [-0.15, -0.1) is 0 Å². The lowest BCUT2D eigenvalue weighted by molar-refractivity contribution is 0.293. The number of hydrogen-bond acceptors (Lipinski definition) is 2. The summed E-state index contributed by atoms with van der Waals surface area (Å²) in [6, 6.07) is 10.1. The zero-order valence-electron chi connectivity index (χ0n) is 12.7. The van der Waals surface area contributed by atoms with E-state index in [1.165, 1.54) is 6.42 Å². The SMILES string of the molecule is C[Si](C)(C)OCCCC[C@@H]1O[C@@H]1C#Cc1ccccc1. The number of benzene rings is 1. The van der Waals surface area contributed by atoms with Gasteiger partial charge in [-0.05, 0) is 51.0 Å². The van der Waals surface area contributed by atoms with Crippen LogP contribution in [0.25, 0.3) is 0 Å². The summed E-state index contributed by atoms with van der Waals surface area (Å²) >= 11 is 0. The van der Waals surface area contributed by atoms with E-state index in [1.807, 2.05) is 30.3 Å². The molecule has 0 spiro atoms. The van der Waals surface area contributed by atoms with Crippen LogP contribution < -0.4 is 0 Å². The first-order valence-corrected chi connectivity index (χ1v) is 10.8. The van der Waals surface area contributed by atoms with Crippen molar-refractivity contribution in [1.82, 2.24) is 0 Å². The van der Waals surface area contributed by atoms with E-state index in [1.54, 1.807) is 0 Å². The van der Waals surface area contributed by atoms with Crippen molar-refractivity contribution in [3.8, 4) is 11.8 Å². The second-order valence-corrected chi connectivity index (χ2v) is 10.7. The van der Waals surface area contributed by atoms with E-state index in [9.17, 15) is 0 Å². The van der Waals surface area contributed by atoms with E-state index in [0.717, 1.165) is 25.0 Å². The number of rotatable bonds is 6. The molecule has 1 heterocycles. The Morgan fingerprint density at radius 3 is 2.60 bits per heavy atom. The summed E-state index contributed by atoms with van der Waals surface area (Å²) in [4.78, 5) is 0. The van der Waals surface area contributed by atoms with Gasteiger partial charge >= 0.3 is 0 Å². The van der Waals surface area contributed by atoms with Crippen LogP contribution in [-0.4, -0.2) is 27.1 Å². The van der Waals surface area contributed by atoms with E-state index < -0.39 is 8.32 Å². The molecule has 0 saturated carbocycles. The Kier molecular flexibility index (Phi) is 5.42. The third-order valence-corrected chi connectivity index (χ3v) is 4.20. The highest BCUT2D eigenvalue weighted by atomic mass is 28.4. The Balaban J connectivity index is 1.59. The molecule has 0 aromatic heterocycles. The highest BCUT2D eigenvalue weighted by Gasteiger charge is 2.36. The minimum absolute atomic E-state index is 0.146. The van der Waals surface area contributed by atoms with Crippen molar-refractivity contribution in [3.63, 3.8) is 0 Å². The fourth-order valence-electron chi connectivity index (χ4n) is 1.99. The van der Waals surface area contributed by atoms with Crippen molar-refractivity contribution < 1.29 is 9.16 Å². The number of epoxide rings is 1. The van der Waals surface area contributed by atoms with Crippen LogP contribution in [0.5, 0.6) is 0 Å². The van der Waals surface area contributed by atoms with Crippen LogP contribution in [0, 0.1) is 11.8 Å². The van der Waals surface area contributed by atoms with Gasteiger partial charge in [-0.1, -0.05) is 30.0 Å². The largest absolute Gasteiger partial charge is 0.418 e. The third-order valence-electron chi connectivity index (χ3n) is 3.13. The summed E-state index contributed by atoms with van der Waals surface area (Å²) in [5.41, 5.74) is 1.06. The van der Waals surface area contributed by atoms with Crippen LogP contribution in [-0.2, 0) is 9.16 Å². The molecule has 0 amide bonds. The van der Waals surface area contributed by atoms with Gasteiger partial charge in [0.2, 0.25) is 0 Å². The first-order valence-electron chi connectivity index (χ1n) is 7.41. The van der Waals surface area contributed by atoms with E-state index in [4.69, 9.17) is 9.16 Å². The lowest BCUT2D eigenvalue weighted by Gasteiger charge is -2.16. The molecule has 1 aliphatic rings. The molecule has 1 aromatic carbocycles. The van der Waals surface area contributed by atoms with Crippen molar-refractivity contribution in [1.29, 1.82) is 0 Å². The fraction of sp³-hybridized carbons (Fsp3) is 0.529. The molecule has 2 nitrogen and oxygen atoms in total. The Morgan fingerprint density at radius 1 is 1.15 bits per heavy atom. The predicted octanol–water partition coefficient (Wildman–Crippen LogP) is 3.83. The Morgan fingerprint density at radius 2 is 1.90 bits per heavy atom. The summed E-state index contributed by atoms with van der Waals surface area (Å²) in [5, 5.41) is 0. The highest BCUT2D eigenvalue weighted by Crippen LogP contribution is 2.26. The standard InChI is InChI=1S/C17H24O2Si/c1-20(2,3)18-14-8-7-11-16-17(19-16)13-12-15-9-5-4-6-10-15/h4-6,9-10,16-17H,7-8,11,14H2,1-3H3/t16-,17+/m0/s1. The molecule has 0 radical (unpaired) electrons. The van der Waals surface area contributed by atoms with Crippen LogP contribution in [0.15, 0.2) is 30.3 Å². The van der Waals surface area contributed by atoms with Gasteiger partial charge in [-0.2, -0.15) is 0 Å². The number of hydrogen-bond donors (Lipinski definition) is 0. The molecule has 20 heavy (non-hydrogen) atoms. The fourth-order valence-corrected chi connectivity index (χ4v) is 2.75. The summed E-state index contributed by atoms with van der Waals surface area (Å²) < 4.78 is 11.4. The van der Waals surface area contributed by atoms with E-state index >= 15 is 0 Å². The van der Waals surface area contributed by atoms with Crippen molar-refractivity contribution in [2.45, 2.75) is 51.1 Å². The highest BCUT2D eigenvalue weighted by molar-refractivity contribution is 6.69. The molecule has 0 N–H and O–H groups in total. The third kappa shape index (κ3) is 5.92. The van der Waals surface area contributed by atoms with Crippen molar-refractivity contribution in [2.75, 3.05) is 6.61 Å². The molecule has 0 aliphatic carbocycles. The lowest BCUT2D eigenvalue weighted by Crippen LogP contribution is -2.25. The van der Waals surface area contributed by atoms with Crippen LogP contribution in [0.4, 0.5) is 0 Å². The topological polar surface area (TPSA) is 21.8 Å². The molecule has 3 heteroatoms. The molecular formula is C17H24O2Si. The van der Waals surface area contributed by atoms with Crippen LogP contribution in [0.2, 0.25) is 19.6 Å². The van der Waals surface area contributed by atoms with Gasteiger partial charge in [0.1, 0.15) is 6.10 Å². The Hall–Kier alpha value is -1.08. The Bertz CT molecular complexity index is 467. The molecule has 1 aromatic rings. The van der Waals surface area contributed by atoms with Crippen molar-refractivity contribution in [3.05, 3.63) is 35.9 Å². The van der Waals surface area contributed by atoms with Crippen molar-refractivity contribution in [2.24, 2.45) is 0 Å². The maximum absolute atomic E-state index is 5.83. The molecule has 1 saturated heterocycles. The van der Waals surface area contributed by atoms with Gasteiger partial charge in [-0.25, -0.2) is 0 Å². The number of ether oxygens (including phenoxy) is 1. The molecule has 108 valence electrons.